The number of halogens is 1. The van der Waals surface area contributed by atoms with E-state index in [-0.39, 0.29) is 0 Å². The van der Waals surface area contributed by atoms with E-state index in [2.05, 4.69) is 41.8 Å². The summed E-state index contributed by atoms with van der Waals surface area (Å²) in [6.07, 6.45) is 1.50. The molecule has 0 aromatic rings. The first kappa shape index (κ1) is 9.15. The summed E-state index contributed by atoms with van der Waals surface area (Å²) in [6.45, 7) is 6.50. The summed E-state index contributed by atoms with van der Waals surface area (Å²) in [5.74, 6) is 0. The molecule has 0 bridgehead atoms. The minimum absolute atomic E-state index is 1.50. The van der Waals surface area contributed by atoms with Crippen LogP contribution in [0.15, 0.2) is 12.7 Å². The van der Waals surface area contributed by atoms with Crippen molar-refractivity contribution >= 4 is 14.1 Å². The first-order chi connectivity index (χ1) is 2.41. The van der Waals surface area contributed by atoms with Crippen molar-refractivity contribution in [1.82, 2.24) is 0 Å². The van der Waals surface area contributed by atoms with Gasteiger partial charge in [-0.05, 0) is 0 Å². The second kappa shape index (κ2) is 23.2. The molecule has 0 heterocycles. The normalized spacial score (nSPS) is 3.40. The molecule has 0 unspecified atom stereocenters. The molecule has 0 aliphatic rings. The van der Waals surface area contributed by atoms with Crippen LogP contribution in [-0.4, -0.2) is 0 Å². The summed E-state index contributed by atoms with van der Waals surface area (Å²) in [6, 6.07) is 0. The van der Waals surface area contributed by atoms with Gasteiger partial charge < -0.3 is 0 Å². The van der Waals surface area contributed by atoms with Crippen LogP contribution in [0.4, 0.5) is 0 Å². The van der Waals surface area contributed by atoms with Crippen LogP contribution >= 0.6 is 14.1 Å². The van der Waals surface area contributed by atoms with Gasteiger partial charge in [0.25, 0.3) is 0 Å². The third-order valence-electron chi connectivity index (χ3n) is 0. The summed E-state index contributed by atoms with van der Waals surface area (Å²) in [7, 11) is 0. The molecule has 0 radical (unpaired) electrons. The quantitative estimate of drug-likeness (QED) is 0.390. The molecule has 0 aromatic heterocycles. The van der Waals surface area contributed by atoms with Crippen molar-refractivity contribution in [2.75, 3.05) is 0 Å². The van der Waals surface area contributed by atoms with Gasteiger partial charge in [-0.3, -0.25) is 0 Å². The molecule has 0 spiro atoms. The molecule has 0 aliphatic carbocycles. The molecule has 2 heteroatoms. The van der Waals surface area contributed by atoms with Crippen LogP contribution in [0.25, 0.3) is 0 Å². The minimum atomic E-state index is 1.50. The first-order valence-corrected chi connectivity index (χ1v) is 3.88. The maximum absolute atomic E-state index is 3.25. The Balaban J connectivity index is 0. The third-order valence-corrected chi connectivity index (χ3v) is 0. The van der Waals surface area contributed by atoms with E-state index in [9.17, 15) is 0 Å². The average molecular weight is 176 g/mol. The molecule has 0 amide bonds. The van der Waals surface area contributed by atoms with Crippen LogP contribution in [0.5, 0.6) is 0 Å². The third kappa shape index (κ3) is 84.5. The van der Waals surface area contributed by atoms with E-state index in [4.69, 9.17) is 0 Å². The van der Waals surface area contributed by atoms with Crippen LogP contribution in [0.1, 0.15) is 0 Å². The Morgan fingerprint density at radius 2 is 1.80 bits per heavy atom. The van der Waals surface area contributed by atoms with Crippen molar-refractivity contribution in [1.29, 1.82) is 0 Å². The van der Waals surface area contributed by atoms with Crippen molar-refractivity contribution in [3.05, 3.63) is 19.6 Å². The van der Waals surface area contributed by atoms with Gasteiger partial charge in [0.2, 0.25) is 0 Å². The molecule has 0 saturated carbocycles. The van der Waals surface area contributed by atoms with Crippen molar-refractivity contribution in [3.63, 3.8) is 0 Å². The molecule has 0 fully saturated rings. The first-order valence-electron chi connectivity index (χ1n) is 0.959. The van der Waals surface area contributed by atoms with E-state index in [0.717, 1.165) is 0 Å². The number of hydrogen-bond donors (Lipinski definition) is 0. The molecular weight excluding hydrogens is 171 g/mol. The summed E-state index contributed by atoms with van der Waals surface area (Å²) < 4.78 is 0. The van der Waals surface area contributed by atoms with Gasteiger partial charge in [-0.1, -0.05) is 0 Å². The summed E-state index contributed by atoms with van der Waals surface area (Å²) in [5, 5.41) is 0. The summed E-state index contributed by atoms with van der Waals surface area (Å²) >= 11 is 5.50. The van der Waals surface area contributed by atoms with Gasteiger partial charge in [0.15, 0.2) is 0 Å². The Labute approximate surface area is 48.2 Å². The molecule has 0 N–H and O–H groups in total. The number of hydrogen-bond acceptors (Lipinski definition) is 0. The molecule has 0 atom stereocenters. The fraction of sp³-hybridized carbons (Fsp3) is 0. The number of allylic oxidation sites excluding steroid dienone is 1. The van der Waals surface area contributed by atoms with E-state index in [1.165, 1.54) is 6.08 Å². The molecular formula is C3H5BrMn. The fourth-order valence-electron chi connectivity index (χ4n) is 0. The van der Waals surface area contributed by atoms with Crippen LogP contribution in [-0.2, 0) is 14.2 Å². The van der Waals surface area contributed by atoms with Crippen molar-refractivity contribution < 1.29 is 14.2 Å². The predicted octanol–water partition coefficient (Wildman–Crippen LogP) is 1.85. The van der Waals surface area contributed by atoms with Gasteiger partial charge in [-0.15, -0.1) is 0 Å². The van der Waals surface area contributed by atoms with E-state index in [1.54, 1.807) is 0 Å². The maximum atomic E-state index is 3.25. The summed E-state index contributed by atoms with van der Waals surface area (Å²) in [4.78, 5) is 0. The van der Waals surface area contributed by atoms with Gasteiger partial charge >= 0.3 is 28.3 Å². The Hall–Kier alpha value is 0.609. The second-order valence-electron chi connectivity index (χ2n) is 0.289. The van der Waals surface area contributed by atoms with Crippen molar-refractivity contribution in [2.24, 2.45) is 0 Å². The molecule has 0 aliphatic heterocycles. The summed E-state index contributed by atoms with van der Waals surface area (Å²) in [5.41, 5.74) is 0. The Bertz CT molecular complexity index is 14.4. The Kier molecular flexibility index (Phi) is 42.4. The van der Waals surface area contributed by atoms with Crippen LogP contribution < -0.4 is 0 Å². The van der Waals surface area contributed by atoms with E-state index in [0.29, 0.717) is 0 Å². The van der Waals surface area contributed by atoms with Gasteiger partial charge in [-0.25, -0.2) is 19.6 Å². The number of rotatable bonds is 0. The van der Waals surface area contributed by atoms with Crippen molar-refractivity contribution in [2.45, 2.75) is 0 Å². The van der Waals surface area contributed by atoms with Gasteiger partial charge in [0.05, 0.1) is 0 Å². The zero-order valence-electron chi connectivity index (χ0n) is 2.75. The topological polar surface area (TPSA) is 0 Å². The zero-order chi connectivity index (χ0) is 4.71. The van der Waals surface area contributed by atoms with E-state index < -0.39 is 0 Å². The monoisotopic (exact) mass is 175 g/mol. The fourth-order valence-corrected chi connectivity index (χ4v) is 0. The predicted molar refractivity (Wildman–Crippen MR) is 24.5 cm³/mol. The second-order valence-corrected chi connectivity index (χ2v) is 0.289. The molecule has 0 rings (SSSR count). The standard InChI is InChI=1S/C3H5.BrH.Mn/c1-3-2;;/h3H,1-2H2;1H;/q-1;;+2/p-1. The SMILES string of the molecule is C=C[CH2-].[Mn+][Br]. The van der Waals surface area contributed by atoms with Crippen LogP contribution in [0, 0.1) is 6.92 Å². The van der Waals surface area contributed by atoms with Gasteiger partial charge in [-0.2, -0.15) is 0 Å². The Morgan fingerprint density at radius 1 is 1.80 bits per heavy atom. The molecule has 5 heavy (non-hydrogen) atoms. The van der Waals surface area contributed by atoms with E-state index >= 15 is 0 Å². The van der Waals surface area contributed by atoms with Crippen LogP contribution in [0.2, 0.25) is 0 Å². The molecule has 0 aromatic carbocycles. The van der Waals surface area contributed by atoms with Gasteiger partial charge in [0.1, 0.15) is 0 Å². The molecule has 31 valence electrons. The van der Waals surface area contributed by atoms with Gasteiger partial charge in [0, 0.05) is 0 Å². The van der Waals surface area contributed by atoms with Crippen molar-refractivity contribution in [3.8, 4) is 0 Å². The van der Waals surface area contributed by atoms with E-state index in [1.807, 2.05) is 0 Å². The van der Waals surface area contributed by atoms with Crippen LogP contribution in [0.3, 0.4) is 0 Å². The Morgan fingerprint density at radius 3 is 1.80 bits per heavy atom. The molecule has 0 nitrogen and oxygen atoms in total. The average Bonchev–Trinajstić information content (AvgIpc) is 1.46. The zero-order valence-corrected chi connectivity index (χ0v) is 5.51. The molecule has 0 saturated heterocycles.